The van der Waals surface area contributed by atoms with Gasteiger partial charge in [0.1, 0.15) is 10.5 Å². The molecule has 0 spiro atoms. The summed E-state index contributed by atoms with van der Waals surface area (Å²) in [6.45, 7) is 7.16. The Hall–Kier alpha value is -3.33. The van der Waals surface area contributed by atoms with Gasteiger partial charge in [-0.3, -0.25) is 14.5 Å². The number of hydrogen-bond acceptors (Lipinski definition) is 6. The van der Waals surface area contributed by atoms with Crippen molar-refractivity contribution in [3.63, 3.8) is 0 Å². The van der Waals surface area contributed by atoms with Crippen molar-refractivity contribution in [2.45, 2.75) is 39.7 Å². The van der Waals surface area contributed by atoms with Crippen LogP contribution in [0.4, 0.5) is 0 Å². The molecular formula is C27H27ClN4O3S. The van der Waals surface area contributed by atoms with E-state index in [1.165, 1.54) is 11.3 Å². The second kappa shape index (κ2) is 9.97. The van der Waals surface area contributed by atoms with Crippen LogP contribution < -0.4 is 0 Å². The summed E-state index contributed by atoms with van der Waals surface area (Å²) < 4.78 is 2.73. The first-order valence-electron chi connectivity index (χ1n) is 11.3. The van der Waals surface area contributed by atoms with Crippen LogP contribution in [-0.2, 0) is 18.3 Å². The molecule has 2 N–H and O–H groups in total. The average Bonchev–Trinajstić information content (AvgIpc) is 3.37. The lowest BCUT2D eigenvalue weighted by atomic mass is 9.93. The number of hydrogen-bond donors (Lipinski definition) is 2. The van der Waals surface area contributed by atoms with Gasteiger partial charge in [-0.25, -0.2) is 4.98 Å². The molecule has 0 atom stereocenters. The Kier molecular flexibility index (Phi) is 7.13. The molecule has 3 heterocycles. The molecule has 0 aliphatic rings. The molecule has 5 rings (SSSR count). The van der Waals surface area contributed by atoms with Crippen LogP contribution >= 0.6 is 22.9 Å². The maximum Gasteiger partial charge on any atom is 0.307 e. The topological polar surface area (TPSA) is 101 Å². The van der Waals surface area contributed by atoms with E-state index in [1.807, 2.05) is 50.4 Å². The van der Waals surface area contributed by atoms with Crippen LogP contribution in [-0.4, -0.2) is 41.5 Å². The summed E-state index contributed by atoms with van der Waals surface area (Å²) in [6, 6.07) is 11.5. The largest absolute Gasteiger partial charge is 0.481 e. The molecule has 36 heavy (non-hydrogen) atoms. The van der Waals surface area contributed by atoms with Gasteiger partial charge in [0, 0.05) is 29.4 Å². The molecule has 0 radical (unpaired) electrons. The van der Waals surface area contributed by atoms with E-state index < -0.39 is 11.6 Å². The first-order chi connectivity index (χ1) is 16.9. The van der Waals surface area contributed by atoms with Gasteiger partial charge in [-0.2, -0.15) is 5.10 Å². The van der Waals surface area contributed by atoms with E-state index in [4.69, 9.17) is 21.7 Å². The average molecular weight is 523 g/mol. The molecule has 0 bridgehead atoms. The smallest absolute Gasteiger partial charge is 0.307 e. The molecule has 7 nitrogen and oxygen atoms in total. The van der Waals surface area contributed by atoms with E-state index in [-0.39, 0.29) is 6.42 Å². The molecule has 0 fully saturated rings. The van der Waals surface area contributed by atoms with Crippen LogP contribution in [0.15, 0.2) is 48.8 Å². The highest BCUT2D eigenvalue weighted by Crippen LogP contribution is 2.41. The SMILES string of the molecule is CC(C)(C)O.Cc1cc2nc(-c3cnc4cnn(C)c4c3)sc2c(-c2ccc(Cl)cc2)c1CC(=O)O. The van der Waals surface area contributed by atoms with Crippen molar-refractivity contribution >= 4 is 50.2 Å². The minimum Gasteiger partial charge on any atom is -0.481 e. The van der Waals surface area contributed by atoms with Crippen LogP contribution in [0.5, 0.6) is 0 Å². The van der Waals surface area contributed by atoms with E-state index in [9.17, 15) is 9.90 Å². The van der Waals surface area contributed by atoms with Crippen LogP contribution in [0, 0.1) is 6.92 Å². The van der Waals surface area contributed by atoms with Gasteiger partial charge in [-0.1, -0.05) is 23.7 Å². The number of carboxylic acid groups (broad SMARTS) is 1. The fourth-order valence-electron chi connectivity index (χ4n) is 3.80. The summed E-state index contributed by atoms with van der Waals surface area (Å²) in [6.07, 6.45) is 3.47. The van der Waals surface area contributed by atoms with E-state index in [1.54, 1.807) is 37.8 Å². The fraction of sp³-hybridized carbons (Fsp3) is 0.259. The molecule has 3 aromatic heterocycles. The first-order valence-corrected chi connectivity index (χ1v) is 12.5. The van der Waals surface area contributed by atoms with E-state index in [2.05, 4.69) is 10.1 Å². The summed E-state index contributed by atoms with van der Waals surface area (Å²) in [7, 11) is 1.88. The summed E-state index contributed by atoms with van der Waals surface area (Å²) in [5, 5.41) is 23.8. The van der Waals surface area contributed by atoms with Gasteiger partial charge in [-0.05, 0) is 68.7 Å². The molecular weight excluding hydrogens is 496 g/mol. The summed E-state index contributed by atoms with van der Waals surface area (Å²) >= 11 is 7.63. The lowest BCUT2D eigenvalue weighted by molar-refractivity contribution is -0.136. The van der Waals surface area contributed by atoms with Crippen LogP contribution in [0.2, 0.25) is 5.02 Å². The number of aliphatic hydroxyl groups is 1. The van der Waals surface area contributed by atoms with Gasteiger partial charge < -0.3 is 10.2 Å². The number of aryl methyl sites for hydroxylation is 2. The molecule has 0 aliphatic heterocycles. The zero-order valence-corrected chi connectivity index (χ0v) is 22.3. The molecule has 9 heteroatoms. The molecule has 0 saturated carbocycles. The van der Waals surface area contributed by atoms with E-state index in [0.29, 0.717) is 5.02 Å². The Morgan fingerprint density at radius 2 is 1.75 bits per heavy atom. The lowest BCUT2D eigenvalue weighted by Gasteiger charge is -2.13. The number of aromatic nitrogens is 4. The summed E-state index contributed by atoms with van der Waals surface area (Å²) in [5.41, 5.74) is 6.50. The molecule has 0 unspecified atom stereocenters. The Morgan fingerprint density at radius 3 is 2.39 bits per heavy atom. The number of pyridine rings is 1. The Morgan fingerprint density at radius 1 is 1.08 bits per heavy atom. The quantitative estimate of drug-likeness (QED) is 0.288. The van der Waals surface area contributed by atoms with Crippen molar-refractivity contribution in [1.82, 2.24) is 19.7 Å². The monoisotopic (exact) mass is 522 g/mol. The number of thiazole rings is 1. The Bertz CT molecular complexity index is 1560. The Balaban J connectivity index is 0.000000556. The summed E-state index contributed by atoms with van der Waals surface area (Å²) in [5.74, 6) is -0.867. The molecule has 2 aromatic carbocycles. The highest BCUT2D eigenvalue weighted by molar-refractivity contribution is 7.22. The maximum atomic E-state index is 11.6. The number of nitrogens with zero attached hydrogens (tertiary/aromatic N) is 4. The molecule has 0 aliphatic carbocycles. The van der Waals surface area contributed by atoms with Gasteiger partial charge in [0.2, 0.25) is 0 Å². The van der Waals surface area contributed by atoms with Crippen molar-refractivity contribution in [3.05, 3.63) is 64.9 Å². The second-order valence-corrected chi connectivity index (χ2v) is 11.0. The van der Waals surface area contributed by atoms with Crippen molar-refractivity contribution < 1.29 is 15.0 Å². The van der Waals surface area contributed by atoms with Crippen LogP contribution in [0.25, 0.3) is 42.9 Å². The van der Waals surface area contributed by atoms with Crippen LogP contribution in [0.1, 0.15) is 31.9 Å². The summed E-state index contributed by atoms with van der Waals surface area (Å²) in [4.78, 5) is 21.0. The molecule has 5 aromatic rings. The number of fused-ring (bicyclic) bond motifs is 2. The van der Waals surface area contributed by atoms with E-state index >= 15 is 0 Å². The number of benzene rings is 2. The number of carboxylic acids is 1. The third-order valence-corrected chi connectivity index (χ3v) is 6.71. The highest BCUT2D eigenvalue weighted by Gasteiger charge is 2.20. The third-order valence-electron chi connectivity index (χ3n) is 5.32. The molecule has 0 amide bonds. The minimum atomic E-state index is -0.867. The second-order valence-electron chi connectivity index (χ2n) is 9.56. The standard InChI is InChI=1S/C23H17ClN4O2S.C4H10O/c1-12-7-17-22(21(16(12)9-20(29)30)13-3-5-15(24)6-4-13)31-23(27-17)14-8-19-18(25-10-14)11-26-28(19)2;1-4(2,3)5/h3-8,10-11H,9H2,1-2H3,(H,29,30);5H,1-3H3. The molecule has 0 saturated heterocycles. The zero-order valence-electron chi connectivity index (χ0n) is 20.7. The number of aliphatic carboxylic acids is 1. The first kappa shape index (κ1) is 25.8. The van der Waals surface area contributed by atoms with Crippen molar-refractivity contribution in [3.8, 4) is 21.7 Å². The molecule has 186 valence electrons. The fourth-order valence-corrected chi connectivity index (χ4v) is 5.05. The van der Waals surface area contributed by atoms with Gasteiger partial charge in [0.05, 0.1) is 34.0 Å². The number of carbonyl (C=O) groups is 1. The number of halogens is 1. The van der Waals surface area contributed by atoms with Crippen molar-refractivity contribution in [2.24, 2.45) is 7.05 Å². The van der Waals surface area contributed by atoms with Gasteiger partial charge in [0.25, 0.3) is 0 Å². The number of rotatable bonds is 4. The van der Waals surface area contributed by atoms with Gasteiger partial charge in [0.15, 0.2) is 0 Å². The lowest BCUT2D eigenvalue weighted by Crippen LogP contribution is -2.10. The third kappa shape index (κ3) is 5.73. The Labute approximate surface area is 218 Å². The normalized spacial score (nSPS) is 11.5. The van der Waals surface area contributed by atoms with Crippen LogP contribution in [0.3, 0.4) is 0 Å². The zero-order chi connectivity index (χ0) is 26.2. The van der Waals surface area contributed by atoms with E-state index in [0.717, 1.165) is 54.1 Å². The predicted octanol–water partition coefficient (Wildman–Crippen LogP) is 6.28. The van der Waals surface area contributed by atoms with Crippen molar-refractivity contribution in [1.29, 1.82) is 0 Å². The van der Waals surface area contributed by atoms with Crippen molar-refractivity contribution in [2.75, 3.05) is 0 Å². The van der Waals surface area contributed by atoms with Gasteiger partial charge in [-0.15, -0.1) is 11.3 Å². The van der Waals surface area contributed by atoms with Gasteiger partial charge >= 0.3 is 5.97 Å². The highest BCUT2D eigenvalue weighted by atomic mass is 35.5. The maximum absolute atomic E-state index is 11.6. The minimum absolute atomic E-state index is 0.0600. The predicted molar refractivity (Wildman–Crippen MR) is 146 cm³/mol.